The molecule has 1 aliphatic carbocycles. The summed E-state index contributed by atoms with van der Waals surface area (Å²) in [6.07, 6.45) is 2.51. The second-order valence-corrected chi connectivity index (χ2v) is 14.3. The number of hydrogen-bond acceptors (Lipinski definition) is 9. The Labute approximate surface area is 305 Å². The van der Waals surface area contributed by atoms with Gasteiger partial charge in [0.05, 0.1) is 58.0 Å². The quantitative estimate of drug-likeness (QED) is 0.129. The van der Waals surface area contributed by atoms with Crippen LogP contribution in [0.3, 0.4) is 0 Å². The van der Waals surface area contributed by atoms with Crippen molar-refractivity contribution in [1.29, 1.82) is 0 Å². The number of hydrogen-bond donors (Lipinski definition) is 3. The highest BCUT2D eigenvalue weighted by atomic mass is 32.2. The lowest BCUT2D eigenvalue weighted by molar-refractivity contribution is -0.137. The number of sulfone groups is 1. The highest BCUT2D eigenvalue weighted by Gasteiger charge is 2.32. The van der Waals surface area contributed by atoms with Gasteiger partial charge in [0.15, 0.2) is 9.84 Å². The van der Waals surface area contributed by atoms with E-state index in [9.17, 15) is 40.3 Å². The number of nitrogen functional groups attached to an aromatic ring is 2. The van der Waals surface area contributed by atoms with Crippen LogP contribution in [0, 0.1) is 17.6 Å². The molecule has 1 aliphatic rings. The minimum atomic E-state index is -4.69. The summed E-state index contributed by atoms with van der Waals surface area (Å²) in [5, 5.41) is 9.25. The zero-order valence-corrected chi connectivity index (χ0v) is 28.7. The standard InChI is InChI=1S/C20H18FN3O2S.C18H11F4N3O2/c21-17-9-14(7-8-16(17)18-10-24-20(22)11-23-18)15-3-1-2-4-19(15)27(25,26)12-13-5-6-13;19-14-5-9(1-3-12(14)15-7-25-16(23)8-24-15)11-4-2-10(18(20,21)22)6-13(11)17(26)27/h1-4,7-11,13H,5-6,12H2,(H2,22,24);1-8H,(H2,23,25)(H,26,27). The fourth-order valence-corrected chi connectivity index (χ4v) is 7.49. The predicted octanol–water partition coefficient (Wildman–Crippen LogP) is 7.96. The number of aromatic nitrogens is 4. The molecule has 0 spiro atoms. The highest BCUT2D eigenvalue weighted by molar-refractivity contribution is 7.91. The number of carboxylic acid groups (broad SMARTS) is 1. The van der Waals surface area contributed by atoms with Gasteiger partial charge in [-0.25, -0.2) is 32.0 Å². The van der Waals surface area contributed by atoms with Crippen LogP contribution in [0.25, 0.3) is 44.8 Å². The number of alkyl halides is 3. The number of halogens is 5. The van der Waals surface area contributed by atoms with Crippen LogP contribution in [-0.2, 0) is 16.0 Å². The summed E-state index contributed by atoms with van der Waals surface area (Å²) in [5.74, 6) is -1.98. The molecule has 7 rings (SSSR count). The minimum absolute atomic E-state index is 0.0376. The second-order valence-electron chi connectivity index (χ2n) is 12.3. The summed E-state index contributed by atoms with van der Waals surface area (Å²) in [5.41, 5.74) is 11.3. The first-order chi connectivity index (χ1) is 25.6. The first kappa shape index (κ1) is 37.5. The maximum absolute atomic E-state index is 14.7. The lowest BCUT2D eigenvalue weighted by atomic mass is 9.96. The van der Waals surface area contributed by atoms with Crippen molar-refractivity contribution < 1.29 is 40.3 Å². The first-order valence-electron chi connectivity index (χ1n) is 16.1. The van der Waals surface area contributed by atoms with E-state index in [-0.39, 0.29) is 56.1 Å². The maximum Gasteiger partial charge on any atom is 0.416 e. The van der Waals surface area contributed by atoms with Crippen molar-refractivity contribution >= 4 is 27.4 Å². The molecule has 5 N–H and O–H groups in total. The summed E-state index contributed by atoms with van der Waals surface area (Å²) >= 11 is 0. The van der Waals surface area contributed by atoms with Gasteiger partial charge in [-0.05, 0) is 77.9 Å². The Kier molecular flexibility index (Phi) is 10.4. The summed E-state index contributed by atoms with van der Waals surface area (Å²) in [7, 11) is -3.41. The number of aromatic carboxylic acids is 1. The molecule has 0 atom stereocenters. The average molecular weight is 761 g/mol. The van der Waals surface area contributed by atoms with Crippen molar-refractivity contribution in [3.05, 3.63) is 126 Å². The smallest absolute Gasteiger partial charge is 0.416 e. The molecule has 276 valence electrons. The molecule has 0 saturated heterocycles. The van der Waals surface area contributed by atoms with Crippen molar-refractivity contribution in [2.45, 2.75) is 23.9 Å². The lowest BCUT2D eigenvalue weighted by Gasteiger charge is -2.12. The molecule has 2 aromatic heterocycles. The van der Waals surface area contributed by atoms with Crippen LogP contribution < -0.4 is 11.5 Å². The van der Waals surface area contributed by atoms with Crippen LogP contribution in [0.2, 0.25) is 0 Å². The molecule has 0 unspecified atom stereocenters. The number of anilines is 2. The Hall–Kier alpha value is -6.29. The van der Waals surface area contributed by atoms with E-state index in [1.54, 1.807) is 36.4 Å². The van der Waals surface area contributed by atoms with Gasteiger partial charge in [0.1, 0.15) is 23.3 Å². The van der Waals surface area contributed by atoms with Crippen molar-refractivity contribution in [2.75, 3.05) is 17.2 Å². The number of nitrogens with two attached hydrogens (primary N) is 2. The van der Waals surface area contributed by atoms with E-state index < -0.39 is 44.7 Å². The van der Waals surface area contributed by atoms with E-state index in [0.717, 1.165) is 31.0 Å². The van der Waals surface area contributed by atoms with Gasteiger partial charge < -0.3 is 16.6 Å². The third-order valence-electron chi connectivity index (χ3n) is 8.41. The Morgan fingerprint density at radius 1 is 0.704 bits per heavy atom. The molecule has 0 radical (unpaired) electrons. The van der Waals surface area contributed by atoms with Gasteiger partial charge in [0.25, 0.3) is 0 Å². The fourth-order valence-electron chi connectivity index (χ4n) is 5.55. The molecule has 4 aromatic carbocycles. The van der Waals surface area contributed by atoms with E-state index in [2.05, 4.69) is 19.9 Å². The van der Waals surface area contributed by atoms with E-state index in [0.29, 0.717) is 22.9 Å². The highest BCUT2D eigenvalue weighted by Crippen LogP contribution is 2.37. The minimum Gasteiger partial charge on any atom is -0.478 e. The van der Waals surface area contributed by atoms with Crippen LogP contribution in [0.1, 0.15) is 28.8 Å². The van der Waals surface area contributed by atoms with Crippen LogP contribution in [-0.4, -0.2) is 45.2 Å². The zero-order chi connectivity index (χ0) is 38.8. The van der Waals surface area contributed by atoms with Gasteiger partial charge in [-0.3, -0.25) is 9.97 Å². The van der Waals surface area contributed by atoms with Crippen LogP contribution in [0.4, 0.5) is 33.6 Å². The lowest BCUT2D eigenvalue weighted by Crippen LogP contribution is -2.09. The molecule has 0 bridgehead atoms. The molecular formula is C38H29F5N6O4S. The zero-order valence-electron chi connectivity index (χ0n) is 27.9. The normalized spacial score (nSPS) is 12.8. The van der Waals surface area contributed by atoms with Crippen LogP contribution in [0.15, 0.2) is 109 Å². The van der Waals surface area contributed by atoms with Crippen molar-refractivity contribution in [1.82, 2.24) is 19.9 Å². The molecule has 1 fully saturated rings. The predicted molar refractivity (Wildman–Crippen MR) is 191 cm³/mol. The molecule has 0 amide bonds. The fraction of sp³-hybridized carbons (Fsp3) is 0.132. The number of carbonyl (C=O) groups is 1. The Bertz CT molecular complexity index is 2460. The van der Waals surface area contributed by atoms with Gasteiger partial charge in [-0.2, -0.15) is 13.2 Å². The molecule has 1 saturated carbocycles. The van der Waals surface area contributed by atoms with Crippen molar-refractivity contribution in [3.8, 4) is 44.8 Å². The van der Waals surface area contributed by atoms with E-state index in [1.807, 2.05) is 0 Å². The Morgan fingerprint density at radius 3 is 1.69 bits per heavy atom. The van der Waals surface area contributed by atoms with E-state index >= 15 is 0 Å². The monoisotopic (exact) mass is 760 g/mol. The van der Waals surface area contributed by atoms with Gasteiger partial charge in [0.2, 0.25) is 0 Å². The molecule has 16 heteroatoms. The second kappa shape index (κ2) is 15.0. The molecule has 2 heterocycles. The SMILES string of the molecule is Nc1cnc(-c2ccc(-c3ccc(C(F)(F)F)cc3C(=O)O)cc2F)cn1.Nc1cnc(-c2ccc(-c3ccccc3S(=O)(=O)CC3CC3)cc2F)cn1. The summed E-state index contributed by atoms with van der Waals surface area (Å²) in [6.45, 7) is 0. The Morgan fingerprint density at radius 2 is 1.22 bits per heavy atom. The summed E-state index contributed by atoms with van der Waals surface area (Å²) < 4.78 is 93.2. The van der Waals surface area contributed by atoms with Gasteiger partial charge in [-0.1, -0.05) is 36.4 Å². The van der Waals surface area contributed by atoms with Gasteiger partial charge in [-0.15, -0.1) is 0 Å². The van der Waals surface area contributed by atoms with E-state index in [4.69, 9.17) is 11.5 Å². The number of carboxylic acids is 1. The van der Waals surface area contributed by atoms with Gasteiger partial charge in [0, 0.05) is 16.7 Å². The van der Waals surface area contributed by atoms with E-state index in [1.165, 1.54) is 43.0 Å². The largest absolute Gasteiger partial charge is 0.478 e. The average Bonchev–Trinajstić information content (AvgIpc) is 3.95. The molecule has 10 nitrogen and oxygen atoms in total. The third-order valence-corrected chi connectivity index (χ3v) is 10.3. The maximum atomic E-state index is 14.7. The van der Waals surface area contributed by atoms with Crippen molar-refractivity contribution in [3.63, 3.8) is 0 Å². The Balaban J connectivity index is 0.000000184. The van der Waals surface area contributed by atoms with Gasteiger partial charge >= 0.3 is 12.1 Å². The molecule has 6 aromatic rings. The number of nitrogens with zero attached hydrogens (tertiary/aromatic N) is 4. The first-order valence-corrected chi connectivity index (χ1v) is 17.8. The number of benzene rings is 4. The third kappa shape index (κ3) is 8.50. The van der Waals surface area contributed by atoms with Crippen molar-refractivity contribution in [2.24, 2.45) is 5.92 Å². The molecule has 0 aliphatic heterocycles. The summed E-state index contributed by atoms with van der Waals surface area (Å²) in [6, 6.07) is 17.4. The summed E-state index contributed by atoms with van der Waals surface area (Å²) in [4.78, 5) is 27.4. The van der Waals surface area contributed by atoms with Crippen LogP contribution >= 0.6 is 0 Å². The molecular weight excluding hydrogens is 732 g/mol. The topological polar surface area (TPSA) is 175 Å². The van der Waals surface area contributed by atoms with Crippen LogP contribution in [0.5, 0.6) is 0 Å². The number of rotatable bonds is 8. The molecule has 54 heavy (non-hydrogen) atoms.